The Bertz CT molecular complexity index is 1290. The Kier molecular flexibility index (Phi) is 7.14. The molecule has 0 spiro atoms. The molecule has 1 aliphatic heterocycles. The van der Waals surface area contributed by atoms with Gasteiger partial charge in [-0.3, -0.25) is 10.1 Å². The summed E-state index contributed by atoms with van der Waals surface area (Å²) in [5, 5.41) is 7.76. The summed E-state index contributed by atoms with van der Waals surface area (Å²) in [6, 6.07) is 20.1. The van der Waals surface area contributed by atoms with Crippen LogP contribution in [0.15, 0.2) is 77.7 Å². The lowest BCUT2D eigenvalue weighted by atomic mass is 10.0. The maximum atomic E-state index is 12.7. The number of nitrogens with one attached hydrogen (secondary N) is 2. The number of sulfonamides is 1. The minimum Gasteiger partial charge on any atom is -0.379 e. The summed E-state index contributed by atoms with van der Waals surface area (Å²) < 4.78 is 32.0. The number of ether oxygens (including phenoxy) is 1. The van der Waals surface area contributed by atoms with Gasteiger partial charge in [0, 0.05) is 24.9 Å². The van der Waals surface area contributed by atoms with E-state index >= 15 is 0 Å². The monoisotopic (exact) mass is 481 g/mol. The highest BCUT2D eigenvalue weighted by Crippen LogP contribution is 2.20. The second-order valence-corrected chi connectivity index (χ2v) is 9.73. The van der Waals surface area contributed by atoms with E-state index in [-0.39, 0.29) is 15.9 Å². The Labute approximate surface area is 198 Å². The SMILES string of the molecule is O=C(C=Cc1cccc2ccccc12)NC(=S)Nc1ccc(S(=O)(=O)N2CCOCC2)cc1. The molecule has 0 unspecified atom stereocenters. The fraction of sp³-hybridized carbons (Fsp3) is 0.167. The fourth-order valence-corrected chi connectivity index (χ4v) is 5.15. The molecule has 3 aromatic carbocycles. The van der Waals surface area contributed by atoms with E-state index in [2.05, 4.69) is 10.6 Å². The number of benzene rings is 3. The average molecular weight is 482 g/mol. The lowest BCUT2D eigenvalue weighted by Crippen LogP contribution is -2.40. The van der Waals surface area contributed by atoms with Crippen LogP contribution >= 0.6 is 12.2 Å². The number of hydrogen-bond acceptors (Lipinski definition) is 5. The Morgan fingerprint density at radius 3 is 2.42 bits per heavy atom. The van der Waals surface area contributed by atoms with Crippen molar-refractivity contribution in [2.24, 2.45) is 0 Å². The highest BCUT2D eigenvalue weighted by Gasteiger charge is 2.26. The van der Waals surface area contributed by atoms with E-state index in [1.54, 1.807) is 18.2 Å². The number of fused-ring (bicyclic) bond motifs is 1. The molecule has 0 aromatic heterocycles. The van der Waals surface area contributed by atoms with Gasteiger partial charge in [0.25, 0.3) is 0 Å². The summed E-state index contributed by atoms with van der Waals surface area (Å²) in [7, 11) is -3.56. The van der Waals surface area contributed by atoms with Gasteiger partial charge in [-0.05, 0) is 58.9 Å². The first-order valence-electron chi connectivity index (χ1n) is 10.4. The maximum absolute atomic E-state index is 12.7. The zero-order valence-electron chi connectivity index (χ0n) is 17.7. The molecule has 1 fully saturated rings. The van der Waals surface area contributed by atoms with Crippen LogP contribution in [0.25, 0.3) is 16.8 Å². The van der Waals surface area contributed by atoms with Gasteiger partial charge in [0.05, 0.1) is 18.1 Å². The third-order valence-corrected chi connectivity index (χ3v) is 7.31. The molecule has 0 bridgehead atoms. The Hall–Kier alpha value is -3.11. The van der Waals surface area contributed by atoms with Crippen LogP contribution in [-0.4, -0.2) is 50.0 Å². The minimum atomic E-state index is -3.56. The second-order valence-electron chi connectivity index (χ2n) is 7.39. The van der Waals surface area contributed by atoms with Gasteiger partial charge in [-0.1, -0.05) is 42.5 Å². The van der Waals surface area contributed by atoms with E-state index in [9.17, 15) is 13.2 Å². The zero-order valence-corrected chi connectivity index (χ0v) is 19.4. The van der Waals surface area contributed by atoms with Crippen LogP contribution in [0.4, 0.5) is 5.69 Å². The molecule has 1 saturated heterocycles. The maximum Gasteiger partial charge on any atom is 0.250 e. The van der Waals surface area contributed by atoms with E-state index in [0.29, 0.717) is 32.0 Å². The van der Waals surface area contributed by atoms with Crippen molar-refractivity contribution < 1.29 is 17.9 Å². The second kappa shape index (κ2) is 10.2. The van der Waals surface area contributed by atoms with Crippen LogP contribution in [0.2, 0.25) is 0 Å². The molecule has 170 valence electrons. The third kappa shape index (κ3) is 5.63. The number of anilines is 1. The Balaban J connectivity index is 1.35. The fourth-order valence-electron chi connectivity index (χ4n) is 3.52. The predicted octanol–water partition coefficient (Wildman–Crippen LogP) is 3.39. The molecule has 1 amide bonds. The molecule has 2 N–H and O–H groups in total. The standard InChI is InChI=1S/C24H23N3O4S2/c28-23(13-8-19-6-3-5-18-4-1-2-7-22(18)19)26-24(32)25-20-9-11-21(12-10-20)33(29,30)27-14-16-31-17-15-27/h1-13H,14-17H2,(H2,25,26,28,32). The smallest absolute Gasteiger partial charge is 0.250 e. The van der Waals surface area contributed by atoms with Gasteiger partial charge in [-0.25, -0.2) is 8.42 Å². The summed E-state index contributed by atoms with van der Waals surface area (Å²) in [5.74, 6) is -0.369. The first-order chi connectivity index (χ1) is 15.9. The van der Waals surface area contributed by atoms with Crippen LogP contribution in [0.5, 0.6) is 0 Å². The van der Waals surface area contributed by atoms with E-state index < -0.39 is 10.0 Å². The summed E-state index contributed by atoms with van der Waals surface area (Å²) in [5.41, 5.74) is 1.50. The van der Waals surface area contributed by atoms with Gasteiger partial charge in [-0.2, -0.15) is 4.31 Å². The van der Waals surface area contributed by atoms with Crippen molar-refractivity contribution in [1.29, 1.82) is 0 Å². The molecular formula is C24H23N3O4S2. The van der Waals surface area contributed by atoms with Gasteiger partial charge in [0.1, 0.15) is 0 Å². The number of hydrogen-bond donors (Lipinski definition) is 2. The lowest BCUT2D eigenvalue weighted by Gasteiger charge is -2.26. The molecule has 0 atom stereocenters. The van der Waals surface area contributed by atoms with Gasteiger partial charge < -0.3 is 10.1 Å². The predicted molar refractivity (Wildman–Crippen MR) is 133 cm³/mol. The highest BCUT2D eigenvalue weighted by atomic mass is 32.2. The van der Waals surface area contributed by atoms with Crippen molar-refractivity contribution in [3.63, 3.8) is 0 Å². The molecule has 1 heterocycles. The molecule has 1 aliphatic rings. The minimum absolute atomic E-state index is 0.117. The lowest BCUT2D eigenvalue weighted by molar-refractivity contribution is -0.115. The van der Waals surface area contributed by atoms with Crippen molar-refractivity contribution in [2.45, 2.75) is 4.90 Å². The van der Waals surface area contributed by atoms with Crippen LogP contribution < -0.4 is 10.6 Å². The number of morpholine rings is 1. The molecule has 0 aliphatic carbocycles. The van der Waals surface area contributed by atoms with E-state index in [1.807, 2.05) is 42.5 Å². The molecule has 0 radical (unpaired) electrons. The molecule has 3 aromatic rings. The van der Waals surface area contributed by atoms with Crippen LogP contribution in [-0.2, 0) is 19.6 Å². The molecule has 7 nitrogen and oxygen atoms in total. The number of nitrogens with zero attached hydrogens (tertiary/aromatic N) is 1. The number of carbonyl (C=O) groups is 1. The first kappa shape index (κ1) is 23.1. The molecule has 9 heteroatoms. The van der Waals surface area contributed by atoms with Crippen molar-refractivity contribution in [3.05, 3.63) is 78.4 Å². The normalized spacial score (nSPS) is 14.9. The van der Waals surface area contributed by atoms with E-state index in [0.717, 1.165) is 16.3 Å². The van der Waals surface area contributed by atoms with E-state index in [1.165, 1.54) is 22.5 Å². The average Bonchev–Trinajstić information content (AvgIpc) is 2.83. The van der Waals surface area contributed by atoms with Gasteiger partial charge in [0.2, 0.25) is 15.9 Å². The quantitative estimate of drug-likeness (QED) is 0.429. The highest BCUT2D eigenvalue weighted by molar-refractivity contribution is 7.89. The molecule has 0 saturated carbocycles. The molecule has 4 rings (SSSR count). The van der Waals surface area contributed by atoms with Crippen LogP contribution in [0.1, 0.15) is 5.56 Å². The van der Waals surface area contributed by atoms with Crippen LogP contribution in [0, 0.1) is 0 Å². The Morgan fingerprint density at radius 2 is 1.67 bits per heavy atom. The Morgan fingerprint density at radius 1 is 0.970 bits per heavy atom. The number of carbonyl (C=O) groups excluding carboxylic acids is 1. The number of rotatable bonds is 5. The van der Waals surface area contributed by atoms with Gasteiger partial charge >= 0.3 is 0 Å². The van der Waals surface area contributed by atoms with Gasteiger partial charge in [0.15, 0.2) is 5.11 Å². The molecular weight excluding hydrogens is 458 g/mol. The zero-order chi connectivity index (χ0) is 23.3. The summed E-state index contributed by atoms with van der Waals surface area (Å²) >= 11 is 5.21. The summed E-state index contributed by atoms with van der Waals surface area (Å²) in [6.45, 7) is 1.46. The number of amides is 1. The first-order valence-corrected chi connectivity index (χ1v) is 12.2. The summed E-state index contributed by atoms with van der Waals surface area (Å²) in [6.07, 6.45) is 3.17. The van der Waals surface area contributed by atoms with Crippen molar-refractivity contribution in [3.8, 4) is 0 Å². The van der Waals surface area contributed by atoms with E-state index in [4.69, 9.17) is 17.0 Å². The van der Waals surface area contributed by atoms with Crippen molar-refractivity contribution >= 4 is 55.8 Å². The third-order valence-electron chi connectivity index (χ3n) is 5.19. The molecule has 33 heavy (non-hydrogen) atoms. The van der Waals surface area contributed by atoms with Crippen molar-refractivity contribution in [1.82, 2.24) is 9.62 Å². The largest absolute Gasteiger partial charge is 0.379 e. The summed E-state index contributed by atoms with van der Waals surface area (Å²) in [4.78, 5) is 12.5. The van der Waals surface area contributed by atoms with Crippen molar-refractivity contribution in [2.75, 3.05) is 31.6 Å². The number of thiocarbonyl (C=S) groups is 1. The van der Waals surface area contributed by atoms with Crippen LogP contribution in [0.3, 0.4) is 0 Å². The topological polar surface area (TPSA) is 87.7 Å². The van der Waals surface area contributed by atoms with Gasteiger partial charge in [-0.15, -0.1) is 0 Å².